The maximum absolute atomic E-state index is 11.3. The molecule has 41 heavy (non-hydrogen) atoms. The van der Waals surface area contributed by atoms with Crippen molar-refractivity contribution in [3.63, 3.8) is 0 Å². The van der Waals surface area contributed by atoms with E-state index in [1.807, 2.05) is 13.8 Å². The molecule has 4 fully saturated rings. The average molecular weight is 598 g/mol. The summed E-state index contributed by atoms with van der Waals surface area (Å²) in [7, 11) is -4.40. The fraction of sp³-hybridized carbons (Fsp3) is 1.00. The van der Waals surface area contributed by atoms with Crippen LogP contribution in [0.5, 0.6) is 0 Å². The van der Waals surface area contributed by atoms with E-state index in [1.165, 1.54) is 70.6 Å². The summed E-state index contributed by atoms with van der Waals surface area (Å²) >= 11 is 0. The summed E-state index contributed by atoms with van der Waals surface area (Å²) in [6.45, 7) is 13.3. The number of fused-ring (bicyclic) bond motifs is 5. The zero-order chi connectivity index (χ0) is 29.7. The van der Waals surface area contributed by atoms with Gasteiger partial charge in [0.2, 0.25) is 0 Å². The quantitative estimate of drug-likeness (QED) is 0.121. The van der Waals surface area contributed by atoms with Crippen LogP contribution in [0.15, 0.2) is 0 Å². The molecule has 9 atom stereocenters. The van der Waals surface area contributed by atoms with Crippen LogP contribution in [-0.2, 0) is 14.6 Å². The Bertz CT molecular complexity index is 916. The minimum absolute atomic E-state index is 0.0640. The van der Waals surface area contributed by atoms with Crippen molar-refractivity contribution in [1.29, 1.82) is 0 Å². The molecule has 0 aliphatic heterocycles. The predicted molar refractivity (Wildman–Crippen MR) is 168 cm³/mol. The first-order valence-electron chi connectivity index (χ1n) is 17.3. The highest BCUT2D eigenvalue weighted by atomic mass is 32.3. The molecule has 0 radical (unpaired) electrons. The molecule has 240 valence electrons. The summed E-state index contributed by atoms with van der Waals surface area (Å²) in [5, 5.41) is 7.49. The number of hydrogen-bond acceptors (Lipinski definition) is 6. The normalized spacial score (nSPS) is 37.9. The van der Waals surface area contributed by atoms with Crippen LogP contribution in [-0.4, -0.2) is 51.3 Å². The second kappa shape index (κ2) is 14.7. The monoisotopic (exact) mass is 597 g/mol. The van der Waals surface area contributed by atoms with E-state index in [0.29, 0.717) is 23.3 Å². The summed E-state index contributed by atoms with van der Waals surface area (Å²) in [6.07, 6.45) is 18.3. The van der Waals surface area contributed by atoms with Gasteiger partial charge in [0.1, 0.15) is 0 Å². The molecule has 4 saturated carbocycles. The molecule has 9 unspecified atom stereocenters. The van der Waals surface area contributed by atoms with Gasteiger partial charge in [0.25, 0.3) is 0 Å². The third-order valence-electron chi connectivity index (χ3n) is 12.7. The van der Waals surface area contributed by atoms with Crippen LogP contribution >= 0.6 is 0 Å². The van der Waals surface area contributed by atoms with E-state index >= 15 is 0 Å². The zero-order valence-electron chi connectivity index (χ0n) is 26.7. The Morgan fingerprint density at radius 3 is 2.37 bits per heavy atom. The second-order valence-corrected chi connectivity index (χ2v) is 16.3. The van der Waals surface area contributed by atoms with E-state index in [1.54, 1.807) is 0 Å². The Morgan fingerprint density at radius 1 is 0.902 bits per heavy atom. The van der Waals surface area contributed by atoms with Gasteiger partial charge in [-0.05, 0) is 162 Å². The van der Waals surface area contributed by atoms with Gasteiger partial charge in [-0.1, -0.05) is 34.1 Å². The Labute approximate surface area is 252 Å². The largest absolute Gasteiger partial charge is 0.397 e. The molecule has 0 aromatic heterocycles. The number of rotatable bonds is 16. The van der Waals surface area contributed by atoms with Crippen molar-refractivity contribution in [1.82, 2.24) is 10.6 Å². The number of hydrogen-bond donors (Lipinski definition) is 4. The predicted octanol–water partition coefficient (Wildman–Crippen LogP) is 6.34. The van der Waals surface area contributed by atoms with E-state index in [9.17, 15) is 13.0 Å². The van der Waals surface area contributed by atoms with Crippen molar-refractivity contribution in [2.24, 2.45) is 52.1 Å². The van der Waals surface area contributed by atoms with Crippen LogP contribution in [0.2, 0.25) is 0 Å². The Morgan fingerprint density at radius 2 is 1.63 bits per heavy atom. The Kier molecular flexibility index (Phi) is 12.0. The van der Waals surface area contributed by atoms with E-state index in [4.69, 9.17) is 9.92 Å². The lowest BCUT2D eigenvalue weighted by Crippen LogP contribution is -2.55. The van der Waals surface area contributed by atoms with Crippen molar-refractivity contribution < 1.29 is 17.2 Å². The molecular weight excluding hydrogens is 534 g/mol. The van der Waals surface area contributed by atoms with Crippen LogP contribution in [0.25, 0.3) is 0 Å². The van der Waals surface area contributed by atoms with Gasteiger partial charge in [0.05, 0.1) is 6.10 Å². The topological polar surface area (TPSA) is 114 Å². The molecule has 4 rings (SSSR count). The molecule has 0 aromatic carbocycles. The van der Waals surface area contributed by atoms with Crippen LogP contribution in [0.3, 0.4) is 0 Å². The highest BCUT2D eigenvalue weighted by Gasteiger charge is 2.59. The lowest BCUT2D eigenvalue weighted by molar-refractivity contribution is -0.115. The fourth-order valence-electron chi connectivity index (χ4n) is 10.3. The van der Waals surface area contributed by atoms with E-state index < -0.39 is 16.5 Å². The third-order valence-corrected chi connectivity index (χ3v) is 13.2. The standard InChI is InChI=1S/C33H63N3O4S/c1-24(2)31(40-41(37,38)39)10-7-9-25-12-14-29-28-13-11-26-23-27(36-22-8-21-35-20-6-5-19-34)15-17-33(26,4)30(28)16-18-32(25,29)3/h24-31,35-36H,5-23,34H2,1-4H3,(H,37,38,39). The first-order chi connectivity index (χ1) is 19.5. The van der Waals surface area contributed by atoms with Gasteiger partial charge in [0, 0.05) is 6.04 Å². The molecule has 0 aromatic rings. The van der Waals surface area contributed by atoms with Crippen LogP contribution in [0.4, 0.5) is 0 Å². The van der Waals surface area contributed by atoms with Gasteiger partial charge in [-0.25, -0.2) is 4.18 Å². The van der Waals surface area contributed by atoms with Gasteiger partial charge in [-0.2, -0.15) is 8.42 Å². The molecule has 0 amide bonds. The summed E-state index contributed by atoms with van der Waals surface area (Å²) in [4.78, 5) is 0. The molecule has 0 spiro atoms. The van der Waals surface area contributed by atoms with Gasteiger partial charge in [-0.3, -0.25) is 4.55 Å². The first kappa shape index (κ1) is 33.6. The lowest BCUT2D eigenvalue weighted by Gasteiger charge is -2.61. The van der Waals surface area contributed by atoms with Gasteiger partial charge < -0.3 is 16.4 Å². The fourth-order valence-corrected chi connectivity index (χ4v) is 10.9. The molecule has 4 aliphatic rings. The maximum Gasteiger partial charge on any atom is 0.397 e. The van der Waals surface area contributed by atoms with Crippen LogP contribution in [0.1, 0.15) is 124 Å². The molecule has 7 nitrogen and oxygen atoms in total. The summed E-state index contributed by atoms with van der Waals surface area (Å²) in [5.74, 6) is 4.31. The minimum Gasteiger partial charge on any atom is -0.330 e. The SMILES string of the molecule is CC(C)C(CCCC1CCC2C3CCC4CC(NCCCNCCCCN)CCC4(C)C3CCC12C)OS(=O)(=O)O. The molecule has 8 heteroatoms. The smallest absolute Gasteiger partial charge is 0.330 e. The van der Waals surface area contributed by atoms with E-state index in [0.717, 1.165) is 75.0 Å². The highest BCUT2D eigenvalue weighted by molar-refractivity contribution is 7.80. The molecule has 0 bridgehead atoms. The zero-order valence-corrected chi connectivity index (χ0v) is 27.5. The Balaban J connectivity index is 1.25. The summed E-state index contributed by atoms with van der Waals surface area (Å²) in [6, 6.07) is 0.700. The van der Waals surface area contributed by atoms with Crippen molar-refractivity contribution >= 4 is 10.4 Å². The summed E-state index contributed by atoms with van der Waals surface area (Å²) in [5.41, 5.74) is 6.53. The van der Waals surface area contributed by atoms with E-state index in [2.05, 4.69) is 24.5 Å². The van der Waals surface area contributed by atoms with Gasteiger partial charge in [-0.15, -0.1) is 0 Å². The van der Waals surface area contributed by atoms with Gasteiger partial charge in [0.15, 0.2) is 0 Å². The van der Waals surface area contributed by atoms with Crippen LogP contribution < -0.4 is 16.4 Å². The number of nitrogens with two attached hydrogens (primary N) is 1. The number of unbranched alkanes of at least 4 members (excludes halogenated alkanes) is 1. The summed E-state index contributed by atoms with van der Waals surface area (Å²) < 4.78 is 36.8. The van der Waals surface area contributed by atoms with Gasteiger partial charge >= 0.3 is 10.4 Å². The van der Waals surface area contributed by atoms with Crippen LogP contribution in [0, 0.1) is 46.3 Å². The minimum atomic E-state index is -4.40. The van der Waals surface area contributed by atoms with Crippen molar-refractivity contribution in [2.45, 2.75) is 136 Å². The lowest BCUT2D eigenvalue weighted by atomic mass is 9.44. The molecule has 0 saturated heterocycles. The average Bonchev–Trinajstić information content (AvgIpc) is 3.25. The molecule has 0 heterocycles. The molecular formula is C33H63N3O4S. The van der Waals surface area contributed by atoms with Crippen molar-refractivity contribution in [2.75, 3.05) is 26.2 Å². The molecule has 5 N–H and O–H groups in total. The Hall–Kier alpha value is -0.250. The van der Waals surface area contributed by atoms with E-state index in [-0.39, 0.29) is 5.92 Å². The third kappa shape index (κ3) is 8.27. The van der Waals surface area contributed by atoms with Crippen molar-refractivity contribution in [3.05, 3.63) is 0 Å². The second-order valence-electron chi connectivity index (χ2n) is 15.2. The highest BCUT2D eigenvalue weighted by Crippen LogP contribution is 2.67. The first-order valence-corrected chi connectivity index (χ1v) is 18.6. The molecule has 4 aliphatic carbocycles. The van der Waals surface area contributed by atoms with Crippen molar-refractivity contribution in [3.8, 4) is 0 Å². The number of nitrogens with one attached hydrogen (secondary N) is 2. The maximum atomic E-state index is 11.3.